The molecule has 0 N–H and O–H groups in total. The van der Waals surface area contributed by atoms with E-state index >= 15 is 0 Å². The van der Waals surface area contributed by atoms with Crippen molar-refractivity contribution < 1.29 is 17.4 Å². The molecule has 0 spiro atoms. The van der Waals surface area contributed by atoms with Crippen molar-refractivity contribution in [2.24, 2.45) is 0 Å². The molecule has 0 saturated heterocycles. The van der Waals surface area contributed by atoms with Crippen LogP contribution in [0.25, 0.3) is 34.2 Å². The van der Waals surface area contributed by atoms with Gasteiger partial charge in [-0.25, -0.2) is 0 Å². The molecule has 0 radical (unpaired) electrons. The molecular weight excluding hydrogens is 629 g/mol. The molecule has 0 fully saturated rings. The van der Waals surface area contributed by atoms with Crippen LogP contribution in [0.2, 0.25) is 28.9 Å². The number of halogens is 2. The maximum absolute atomic E-state index is 4.83. The Morgan fingerprint density at radius 3 is 2.13 bits per heavy atom. The zero-order valence-electron chi connectivity index (χ0n) is 23.8. The molecule has 3 aromatic carbocycles. The van der Waals surface area contributed by atoms with E-state index in [2.05, 4.69) is 122 Å². The van der Waals surface area contributed by atoms with Gasteiger partial charge in [0, 0.05) is 0 Å². The monoisotopic (exact) mass is 665 g/mol. The first-order valence-electron chi connectivity index (χ1n) is 13.5. The van der Waals surface area contributed by atoms with Gasteiger partial charge in [-0.2, -0.15) is 0 Å². The van der Waals surface area contributed by atoms with Crippen LogP contribution in [0.15, 0.2) is 89.8 Å². The summed E-state index contributed by atoms with van der Waals surface area (Å²) >= 11 is -3.52. The maximum Gasteiger partial charge on any atom is -0.147 e. The Labute approximate surface area is 249 Å². The molecule has 6 rings (SSSR count). The van der Waals surface area contributed by atoms with Gasteiger partial charge < -0.3 is 0 Å². The standard InChI is InChI=1S/C21H20NSi.C10H9.2CH3.2ClH.H2Si.Zr/c1-23(2,3)17-13-16-8-5-10-18(20(16)14-17)19-11-4-7-15-9-6-12-22-21(15)19;1-8-6-9-4-2-3-5-10(9)7-8;;;;;;/h4-14H,1-3H3;2-7H,1H3;2*1H3;2*1H;1H2;. The van der Waals surface area contributed by atoms with Gasteiger partial charge >= 0.3 is 227 Å². The van der Waals surface area contributed by atoms with Gasteiger partial charge in [-0.1, -0.05) is 0 Å². The number of nitrogens with zero attached hydrogens (tertiary/aromatic N) is 1. The molecule has 4 aromatic rings. The van der Waals surface area contributed by atoms with Crippen molar-refractivity contribution in [3.63, 3.8) is 0 Å². The molecular formula is C33H39Cl2NSi2Zr. The average molecular weight is 668 g/mol. The minimum absolute atomic E-state index is 0. The third-order valence-corrected chi connectivity index (χ3v) is 29.3. The van der Waals surface area contributed by atoms with Gasteiger partial charge in [0.1, 0.15) is 0 Å². The summed E-state index contributed by atoms with van der Waals surface area (Å²) < 4.78 is 6.64. The Bertz CT molecular complexity index is 1720. The molecule has 0 aliphatic heterocycles. The first-order valence-corrected chi connectivity index (χ1v) is 30.7. The second-order valence-electron chi connectivity index (χ2n) is 13.4. The number of para-hydroxylation sites is 1. The molecule has 0 amide bonds. The predicted octanol–water partition coefficient (Wildman–Crippen LogP) is 9.55. The largest absolute Gasteiger partial charge is 0.147 e. The van der Waals surface area contributed by atoms with Crippen LogP contribution in [0.4, 0.5) is 0 Å². The van der Waals surface area contributed by atoms with Gasteiger partial charge in [-0.05, 0) is 0 Å². The first kappa shape index (κ1) is 30.4. The number of allylic oxidation sites excluding steroid dienone is 2. The van der Waals surface area contributed by atoms with Crippen molar-refractivity contribution in [2.75, 3.05) is 0 Å². The fraction of sp³-hybridized carbons (Fsp3) is 0.242. The maximum atomic E-state index is 4.83. The normalized spacial score (nSPS) is 18.4. The first-order chi connectivity index (χ1) is 17.5. The van der Waals surface area contributed by atoms with E-state index < -0.39 is 25.5 Å². The Hall–Kier alpha value is -1.55. The second kappa shape index (κ2) is 10.4. The van der Waals surface area contributed by atoms with E-state index in [9.17, 15) is 0 Å². The van der Waals surface area contributed by atoms with Gasteiger partial charge in [0.15, 0.2) is 0 Å². The number of aromatic nitrogens is 1. The number of hydrogen-bond acceptors (Lipinski definition) is 1. The summed E-state index contributed by atoms with van der Waals surface area (Å²) in [5.41, 5.74) is 11.3. The molecule has 2 unspecified atom stereocenters. The molecule has 0 saturated carbocycles. The van der Waals surface area contributed by atoms with Gasteiger partial charge in [-0.3, -0.25) is 0 Å². The number of benzene rings is 3. The number of fused-ring (bicyclic) bond motifs is 3. The van der Waals surface area contributed by atoms with Crippen LogP contribution in [-0.4, -0.2) is 19.9 Å². The molecule has 202 valence electrons. The Morgan fingerprint density at radius 2 is 1.38 bits per heavy atom. The van der Waals surface area contributed by atoms with Crippen LogP contribution in [0.3, 0.4) is 0 Å². The van der Waals surface area contributed by atoms with Crippen molar-refractivity contribution in [1.82, 2.24) is 4.98 Å². The van der Waals surface area contributed by atoms with E-state index in [1.54, 1.807) is 21.9 Å². The number of pyridine rings is 1. The topological polar surface area (TPSA) is 12.9 Å². The average Bonchev–Trinajstić information content (AvgIpc) is 3.42. The van der Waals surface area contributed by atoms with E-state index in [1.807, 2.05) is 12.3 Å². The number of rotatable bonds is 4. The molecule has 2 aliphatic rings. The minimum Gasteiger partial charge on any atom is -0.147 e. The van der Waals surface area contributed by atoms with E-state index in [4.69, 9.17) is 4.98 Å². The summed E-state index contributed by atoms with van der Waals surface area (Å²) in [6, 6.07) is 27.1. The van der Waals surface area contributed by atoms with E-state index in [0.29, 0.717) is 7.25 Å². The summed E-state index contributed by atoms with van der Waals surface area (Å²) in [6.45, 7) is 12.5. The van der Waals surface area contributed by atoms with Crippen LogP contribution in [0.5, 0.6) is 0 Å². The Kier molecular flexibility index (Phi) is 8.09. The van der Waals surface area contributed by atoms with Gasteiger partial charge in [0.2, 0.25) is 0 Å². The molecule has 2 atom stereocenters. The smallest absolute Gasteiger partial charge is 0.147 e. The van der Waals surface area contributed by atoms with E-state index in [0.717, 1.165) is 5.52 Å². The van der Waals surface area contributed by atoms with Crippen molar-refractivity contribution in [2.45, 2.75) is 43.1 Å². The van der Waals surface area contributed by atoms with Crippen molar-refractivity contribution in [3.8, 4) is 11.1 Å². The van der Waals surface area contributed by atoms with Crippen LogP contribution in [0.1, 0.15) is 36.4 Å². The van der Waals surface area contributed by atoms with Crippen LogP contribution < -0.4 is 0 Å². The quantitative estimate of drug-likeness (QED) is 0.198. The molecule has 39 heavy (non-hydrogen) atoms. The minimum atomic E-state index is -3.52. The van der Waals surface area contributed by atoms with Crippen LogP contribution in [-0.2, 0) is 17.4 Å². The molecule has 1 aromatic heterocycles. The van der Waals surface area contributed by atoms with Crippen LogP contribution in [0, 0.1) is 0 Å². The second-order valence-corrected chi connectivity index (χ2v) is 48.9. The molecule has 2 aliphatic carbocycles. The fourth-order valence-electron chi connectivity index (χ4n) is 7.53. The van der Waals surface area contributed by atoms with Gasteiger partial charge in [-0.15, -0.1) is 24.8 Å². The molecule has 1 heterocycles. The predicted molar refractivity (Wildman–Crippen MR) is 179 cm³/mol. The Morgan fingerprint density at radius 1 is 0.744 bits per heavy atom. The van der Waals surface area contributed by atoms with E-state index in [-0.39, 0.29) is 24.8 Å². The third kappa shape index (κ3) is 4.85. The van der Waals surface area contributed by atoms with Crippen LogP contribution >= 0.6 is 24.8 Å². The zero-order chi connectivity index (χ0) is 26.2. The Balaban J connectivity index is 0.00000176. The summed E-state index contributed by atoms with van der Waals surface area (Å²) in [4.78, 5) is 4.83. The summed E-state index contributed by atoms with van der Waals surface area (Å²) in [7, 11) is -1.60. The zero-order valence-corrected chi connectivity index (χ0v) is 30.3. The van der Waals surface area contributed by atoms with Crippen molar-refractivity contribution >= 4 is 62.8 Å². The van der Waals surface area contributed by atoms with E-state index in [1.165, 1.54) is 27.6 Å². The third-order valence-electron chi connectivity index (χ3n) is 8.89. The summed E-state index contributed by atoms with van der Waals surface area (Å²) in [5, 5.41) is 2.96. The molecule has 6 heteroatoms. The van der Waals surface area contributed by atoms with Gasteiger partial charge in [0.05, 0.1) is 0 Å². The summed E-state index contributed by atoms with van der Waals surface area (Å²) in [6.07, 6.45) is 7.04. The van der Waals surface area contributed by atoms with Crippen molar-refractivity contribution in [3.05, 3.63) is 112 Å². The van der Waals surface area contributed by atoms with Gasteiger partial charge in [0.25, 0.3) is 0 Å². The summed E-state index contributed by atoms with van der Waals surface area (Å²) in [5.74, 6) is 0. The molecule has 0 bridgehead atoms. The van der Waals surface area contributed by atoms with Crippen molar-refractivity contribution in [1.29, 1.82) is 0 Å². The fourth-order valence-corrected chi connectivity index (χ4v) is 35.8. The molecule has 1 nitrogen and oxygen atoms in total. The number of hydrogen-bond donors (Lipinski definition) is 0. The SMILES string of the molecule is CC1=Cc2ccccc2[CH]1[Zr]([CH3])([CH3])(=[SiH2])[CH]1C([Si](C)(C)C)=Cc2c(-c3cccc4cccnc34)cccc21.Cl.Cl.